The van der Waals surface area contributed by atoms with Crippen LogP contribution in [0.15, 0.2) is 66.7 Å². The van der Waals surface area contributed by atoms with Gasteiger partial charge in [-0.25, -0.2) is 4.98 Å². The fourth-order valence-corrected chi connectivity index (χ4v) is 3.16. The molecule has 3 rings (SSSR count). The second-order valence-electron chi connectivity index (χ2n) is 6.85. The van der Waals surface area contributed by atoms with Gasteiger partial charge in [0.05, 0.1) is 12.8 Å². The lowest BCUT2D eigenvalue weighted by Crippen LogP contribution is -2.04. The monoisotopic (exact) mass is 390 g/mol. The molecule has 0 aliphatic carbocycles. The van der Waals surface area contributed by atoms with E-state index >= 15 is 0 Å². The number of carboxylic acid groups (broad SMARTS) is 1. The molecule has 0 unspecified atom stereocenters. The molecule has 0 saturated heterocycles. The average Bonchev–Trinajstić information content (AvgIpc) is 2.76. The van der Waals surface area contributed by atoms with Crippen molar-refractivity contribution in [3.05, 3.63) is 77.9 Å². The van der Waals surface area contributed by atoms with Gasteiger partial charge in [-0.3, -0.25) is 4.79 Å². The van der Waals surface area contributed by atoms with Crippen molar-refractivity contribution in [2.75, 3.05) is 19.0 Å². The van der Waals surface area contributed by atoms with E-state index in [9.17, 15) is 4.79 Å². The standard InChI is InChI=1S/C24H26N2O3/c1-29-24-20(12-15-22(26-24)19-6-3-2-4-7-19)8-5-17-25-21-13-9-18(10-14-21)11-16-23(27)28/h2-4,6-7,9-10,12-15,25H,5,8,11,16-17H2,1H3,(H,27,28). The molecule has 5 nitrogen and oxygen atoms in total. The topological polar surface area (TPSA) is 71.5 Å². The van der Waals surface area contributed by atoms with Crippen LogP contribution in [0.25, 0.3) is 11.3 Å². The van der Waals surface area contributed by atoms with Crippen molar-refractivity contribution in [2.45, 2.75) is 25.7 Å². The van der Waals surface area contributed by atoms with Gasteiger partial charge in [0.25, 0.3) is 0 Å². The van der Waals surface area contributed by atoms with Crippen LogP contribution in [-0.4, -0.2) is 29.7 Å². The maximum atomic E-state index is 10.6. The van der Waals surface area contributed by atoms with E-state index in [1.54, 1.807) is 7.11 Å². The van der Waals surface area contributed by atoms with Gasteiger partial charge >= 0.3 is 5.97 Å². The third kappa shape index (κ3) is 6.07. The lowest BCUT2D eigenvalue weighted by molar-refractivity contribution is -0.136. The molecule has 150 valence electrons. The lowest BCUT2D eigenvalue weighted by Gasteiger charge is -2.11. The summed E-state index contributed by atoms with van der Waals surface area (Å²) in [5.74, 6) is -0.0944. The van der Waals surface area contributed by atoms with Crippen molar-refractivity contribution >= 4 is 11.7 Å². The number of aryl methyl sites for hydroxylation is 2. The zero-order chi connectivity index (χ0) is 20.5. The molecule has 0 aliphatic rings. The normalized spacial score (nSPS) is 10.5. The smallest absolute Gasteiger partial charge is 0.303 e. The number of benzene rings is 2. The highest BCUT2D eigenvalue weighted by molar-refractivity contribution is 5.67. The van der Waals surface area contributed by atoms with Gasteiger partial charge in [-0.15, -0.1) is 0 Å². The average molecular weight is 390 g/mol. The van der Waals surface area contributed by atoms with Crippen LogP contribution in [0.3, 0.4) is 0 Å². The molecule has 3 aromatic rings. The minimum atomic E-state index is -0.770. The number of ether oxygens (including phenoxy) is 1. The van der Waals surface area contributed by atoms with Crippen molar-refractivity contribution in [2.24, 2.45) is 0 Å². The third-order valence-electron chi connectivity index (χ3n) is 4.74. The quantitative estimate of drug-likeness (QED) is 0.486. The van der Waals surface area contributed by atoms with E-state index in [-0.39, 0.29) is 6.42 Å². The minimum absolute atomic E-state index is 0.158. The molecule has 0 fully saturated rings. The number of pyridine rings is 1. The molecule has 0 radical (unpaired) electrons. The Hall–Kier alpha value is -3.34. The highest BCUT2D eigenvalue weighted by atomic mass is 16.5. The first-order valence-electron chi connectivity index (χ1n) is 9.79. The number of hydrogen-bond donors (Lipinski definition) is 2. The predicted molar refractivity (Wildman–Crippen MR) is 115 cm³/mol. The molecule has 0 aliphatic heterocycles. The van der Waals surface area contributed by atoms with Crippen molar-refractivity contribution in [3.8, 4) is 17.1 Å². The second kappa shape index (κ2) is 10.3. The lowest BCUT2D eigenvalue weighted by atomic mass is 10.1. The number of methoxy groups -OCH3 is 1. The Morgan fingerprint density at radius 3 is 2.45 bits per heavy atom. The third-order valence-corrected chi connectivity index (χ3v) is 4.74. The molecule has 0 bridgehead atoms. The Balaban J connectivity index is 1.50. The number of rotatable bonds is 10. The van der Waals surface area contributed by atoms with E-state index in [1.807, 2.05) is 60.7 Å². The number of aliphatic carboxylic acids is 1. The largest absolute Gasteiger partial charge is 0.481 e. The van der Waals surface area contributed by atoms with E-state index in [0.29, 0.717) is 12.3 Å². The van der Waals surface area contributed by atoms with Crippen LogP contribution < -0.4 is 10.1 Å². The van der Waals surface area contributed by atoms with Crippen LogP contribution >= 0.6 is 0 Å². The number of nitrogens with zero attached hydrogens (tertiary/aromatic N) is 1. The second-order valence-corrected chi connectivity index (χ2v) is 6.85. The number of nitrogens with one attached hydrogen (secondary N) is 1. The van der Waals surface area contributed by atoms with Crippen molar-refractivity contribution in [1.29, 1.82) is 0 Å². The van der Waals surface area contributed by atoms with Crippen LogP contribution in [-0.2, 0) is 17.6 Å². The van der Waals surface area contributed by atoms with Gasteiger partial charge in [-0.05, 0) is 43.0 Å². The first-order chi connectivity index (χ1) is 14.2. The van der Waals surface area contributed by atoms with Crippen LogP contribution in [0.4, 0.5) is 5.69 Å². The summed E-state index contributed by atoms with van der Waals surface area (Å²) < 4.78 is 5.50. The number of anilines is 1. The zero-order valence-corrected chi connectivity index (χ0v) is 16.6. The van der Waals surface area contributed by atoms with Gasteiger partial charge in [-0.2, -0.15) is 0 Å². The maximum Gasteiger partial charge on any atom is 0.303 e. The summed E-state index contributed by atoms with van der Waals surface area (Å²) in [6.45, 7) is 0.831. The number of aromatic nitrogens is 1. The summed E-state index contributed by atoms with van der Waals surface area (Å²) in [5, 5.41) is 12.2. The molecular formula is C24H26N2O3. The molecule has 2 aromatic carbocycles. The Labute approximate surface area is 171 Å². The molecular weight excluding hydrogens is 364 g/mol. The molecule has 29 heavy (non-hydrogen) atoms. The fourth-order valence-electron chi connectivity index (χ4n) is 3.16. The number of carboxylic acids is 1. The van der Waals surface area contributed by atoms with E-state index < -0.39 is 5.97 Å². The van der Waals surface area contributed by atoms with Gasteiger partial charge in [0.15, 0.2) is 0 Å². The highest BCUT2D eigenvalue weighted by Crippen LogP contribution is 2.24. The molecule has 0 spiro atoms. The van der Waals surface area contributed by atoms with Crippen molar-refractivity contribution in [3.63, 3.8) is 0 Å². The Morgan fingerprint density at radius 1 is 1.00 bits per heavy atom. The summed E-state index contributed by atoms with van der Waals surface area (Å²) in [6, 6.07) is 22.1. The summed E-state index contributed by atoms with van der Waals surface area (Å²) >= 11 is 0. The SMILES string of the molecule is COc1nc(-c2ccccc2)ccc1CCCNc1ccc(CCC(=O)O)cc1. The molecule has 1 aromatic heterocycles. The summed E-state index contributed by atoms with van der Waals surface area (Å²) in [7, 11) is 1.66. The summed E-state index contributed by atoms with van der Waals surface area (Å²) in [5.41, 5.74) is 5.15. The molecule has 1 heterocycles. The first kappa shape index (κ1) is 20.4. The number of carbonyl (C=O) groups is 1. The predicted octanol–water partition coefficient (Wildman–Crippen LogP) is 4.82. The Bertz CT molecular complexity index is 925. The van der Waals surface area contributed by atoms with Gasteiger partial charge in [-0.1, -0.05) is 48.5 Å². The zero-order valence-electron chi connectivity index (χ0n) is 16.6. The number of hydrogen-bond acceptors (Lipinski definition) is 4. The molecule has 2 N–H and O–H groups in total. The Kier molecular flexibility index (Phi) is 7.22. The van der Waals surface area contributed by atoms with Gasteiger partial charge in [0, 0.05) is 29.8 Å². The van der Waals surface area contributed by atoms with Crippen LogP contribution in [0, 0.1) is 0 Å². The first-order valence-corrected chi connectivity index (χ1v) is 9.79. The van der Waals surface area contributed by atoms with Crippen molar-refractivity contribution in [1.82, 2.24) is 4.98 Å². The summed E-state index contributed by atoms with van der Waals surface area (Å²) in [4.78, 5) is 15.3. The fraction of sp³-hybridized carbons (Fsp3) is 0.250. The minimum Gasteiger partial charge on any atom is -0.481 e. The highest BCUT2D eigenvalue weighted by Gasteiger charge is 2.08. The van der Waals surface area contributed by atoms with Crippen molar-refractivity contribution < 1.29 is 14.6 Å². The van der Waals surface area contributed by atoms with Crippen LogP contribution in [0.2, 0.25) is 0 Å². The molecule has 5 heteroatoms. The van der Waals surface area contributed by atoms with Gasteiger partial charge in [0.1, 0.15) is 0 Å². The van der Waals surface area contributed by atoms with Gasteiger partial charge in [0.2, 0.25) is 5.88 Å². The molecule has 0 atom stereocenters. The van der Waals surface area contributed by atoms with Crippen LogP contribution in [0.5, 0.6) is 5.88 Å². The van der Waals surface area contributed by atoms with E-state index in [2.05, 4.69) is 16.4 Å². The Morgan fingerprint density at radius 2 is 1.76 bits per heavy atom. The molecule has 0 saturated carbocycles. The van der Waals surface area contributed by atoms with E-state index in [1.165, 1.54) is 0 Å². The van der Waals surface area contributed by atoms with E-state index in [4.69, 9.17) is 9.84 Å². The van der Waals surface area contributed by atoms with Crippen LogP contribution in [0.1, 0.15) is 24.0 Å². The molecule has 0 amide bonds. The van der Waals surface area contributed by atoms with Gasteiger partial charge < -0.3 is 15.2 Å². The van der Waals surface area contributed by atoms with E-state index in [0.717, 1.165) is 47.5 Å². The summed E-state index contributed by atoms with van der Waals surface area (Å²) in [6.07, 6.45) is 2.53. The maximum absolute atomic E-state index is 10.6.